The first-order valence-electron chi connectivity index (χ1n) is 8.01. The second kappa shape index (κ2) is 5.16. The number of hydrogen-bond acceptors (Lipinski definition) is 4. The van der Waals surface area contributed by atoms with E-state index in [-0.39, 0.29) is 35.5 Å². The quantitative estimate of drug-likeness (QED) is 0.282. The van der Waals surface area contributed by atoms with E-state index in [1.165, 1.54) is 4.90 Å². The maximum absolute atomic E-state index is 12.7. The molecule has 1 aromatic carbocycles. The van der Waals surface area contributed by atoms with Gasteiger partial charge in [0.1, 0.15) is 5.75 Å². The van der Waals surface area contributed by atoms with Crippen LogP contribution in [0.5, 0.6) is 5.75 Å². The lowest BCUT2D eigenvalue weighted by atomic mass is 9.85. The third-order valence-corrected chi connectivity index (χ3v) is 5.12. The zero-order chi connectivity index (χ0) is 17.0. The number of allylic oxidation sites excluding steroid dienone is 2. The van der Waals surface area contributed by atoms with E-state index in [2.05, 4.69) is 18.7 Å². The third-order valence-electron chi connectivity index (χ3n) is 5.12. The van der Waals surface area contributed by atoms with Crippen LogP contribution in [0.25, 0.3) is 0 Å². The molecule has 1 aromatic rings. The van der Waals surface area contributed by atoms with Gasteiger partial charge in [0.15, 0.2) is 0 Å². The van der Waals surface area contributed by atoms with Crippen LogP contribution >= 0.6 is 0 Å². The Labute approximate surface area is 139 Å². The average molecular weight is 323 g/mol. The second-order valence-corrected chi connectivity index (χ2v) is 6.68. The van der Waals surface area contributed by atoms with Gasteiger partial charge in [-0.1, -0.05) is 18.7 Å². The van der Waals surface area contributed by atoms with Crippen LogP contribution in [0.3, 0.4) is 0 Å². The molecule has 1 saturated heterocycles. The van der Waals surface area contributed by atoms with Crippen molar-refractivity contribution >= 4 is 23.5 Å². The van der Waals surface area contributed by atoms with Gasteiger partial charge in [-0.2, -0.15) is 0 Å². The van der Waals surface area contributed by atoms with Crippen molar-refractivity contribution in [3.8, 4) is 5.75 Å². The van der Waals surface area contributed by atoms with E-state index in [1.807, 2.05) is 0 Å². The Morgan fingerprint density at radius 3 is 2.12 bits per heavy atom. The van der Waals surface area contributed by atoms with Crippen LogP contribution < -0.4 is 9.64 Å². The molecule has 0 spiro atoms. The number of nitrogens with zero attached hydrogens (tertiary/aromatic N) is 1. The molecule has 24 heavy (non-hydrogen) atoms. The lowest BCUT2D eigenvalue weighted by Crippen LogP contribution is -2.32. The van der Waals surface area contributed by atoms with Crippen molar-refractivity contribution in [1.82, 2.24) is 0 Å². The number of fused-ring (bicyclic) bond motifs is 5. The fourth-order valence-electron chi connectivity index (χ4n) is 4.01. The molecule has 2 amide bonds. The van der Waals surface area contributed by atoms with Crippen molar-refractivity contribution in [1.29, 1.82) is 0 Å². The Morgan fingerprint density at radius 2 is 1.62 bits per heavy atom. The normalized spacial score (nSPS) is 30.0. The van der Waals surface area contributed by atoms with Crippen molar-refractivity contribution in [2.45, 2.75) is 13.3 Å². The summed E-state index contributed by atoms with van der Waals surface area (Å²) in [5.74, 6) is -0.431. The highest BCUT2D eigenvalue weighted by Gasteiger charge is 2.59. The fraction of sp³-hybridized carbons (Fsp3) is 0.316. The topological polar surface area (TPSA) is 63.7 Å². The third kappa shape index (κ3) is 2.04. The maximum Gasteiger partial charge on any atom is 0.338 e. The molecule has 2 fully saturated rings. The number of rotatable bonds is 3. The van der Waals surface area contributed by atoms with E-state index in [0.717, 1.165) is 6.42 Å². The van der Waals surface area contributed by atoms with Gasteiger partial charge >= 0.3 is 5.97 Å². The van der Waals surface area contributed by atoms with Crippen LogP contribution in [0.2, 0.25) is 0 Å². The fourth-order valence-corrected chi connectivity index (χ4v) is 4.01. The second-order valence-electron chi connectivity index (χ2n) is 6.68. The molecule has 2 bridgehead atoms. The number of imide groups is 1. The number of carbonyl (C=O) groups excluding carboxylic acids is 3. The summed E-state index contributed by atoms with van der Waals surface area (Å²) >= 11 is 0. The van der Waals surface area contributed by atoms with E-state index < -0.39 is 5.97 Å². The van der Waals surface area contributed by atoms with E-state index in [0.29, 0.717) is 17.0 Å². The molecule has 2 aliphatic carbocycles. The number of ether oxygens (including phenoxy) is 1. The number of carbonyl (C=O) groups is 3. The predicted octanol–water partition coefficient (Wildman–Crippen LogP) is 2.48. The molecule has 4 atom stereocenters. The minimum absolute atomic E-state index is 0.117. The van der Waals surface area contributed by atoms with Crippen molar-refractivity contribution in [3.05, 3.63) is 48.6 Å². The SMILES string of the molecule is C=C(C)C(=O)Oc1ccc(N2C(=O)[C@@H]3[C@@H](C2=O)[C@H]2C=C[C@@H]3C2)cc1. The zero-order valence-electron chi connectivity index (χ0n) is 13.3. The van der Waals surface area contributed by atoms with Crippen LogP contribution in [-0.4, -0.2) is 17.8 Å². The molecule has 1 saturated carbocycles. The Morgan fingerprint density at radius 1 is 1.08 bits per heavy atom. The molecule has 0 unspecified atom stereocenters. The van der Waals surface area contributed by atoms with Crippen molar-refractivity contribution in [3.63, 3.8) is 0 Å². The van der Waals surface area contributed by atoms with Gasteiger partial charge in [-0.3, -0.25) is 14.5 Å². The zero-order valence-corrected chi connectivity index (χ0v) is 13.3. The minimum atomic E-state index is -0.506. The molecule has 0 radical (unpaired) electrons. The molecule has 122 valence electrons. The van der Waals surface area contributed by atoms with Gasteiger partial charge in [-0.15, -0.1) is 0 Å². The lowest BCUT2D eigenvalue weighted by molar-refractivity contribution is -0.130. The maximum atomic E-state index is 12.7. The first-order chi connectivity index (χ1) is 11.5. The molecule has 5 heteroatoms. The molecule has 5 nitrogen and oxygen atoms in total. The molecule has 0 aromatic heterocycles. The number of hydrogen-bond donors (Lipinski definition) is 0. The number of esters is 1. The predicted molar refractivity (Wildman–Crippen MR) is 87.1 cm³/mol. The van der Waals surface area contributed by atoms with Crippen LogP contribution in [0.15, 0.2) is 48.6 Å². The number of amides is 2. The summed E-state index contributed by atoms with van der Waals surface area (Å²) in [6.45, 7) is 5.09. The van der Waals surface area contributed by atoms with Crippen LogP contribution in [0, 0.1) is 23.7 Å². The van der Waals surface area contributed by atoms with E-state index in [4.69, 9.17) is 4.74 Å². The average Bonchev–Trinajstić information content (AvgIpc) is 3.22. The van der Waals surface area contributed by atoms with Crippen LogP contribution in [-0.2, 0) is 14.4 Å². The Balaban J connectivity index is 1.57. The van der Waals surface area contributed by atoms with Crippen molar-refractivity contribution < 1.29 is 19.1 Å². The first kappa shape index (κ1) is 14.9. The number of anilines is 1. The summed E-state index contributed by atoms with van der Waals surface area (Å²) in [6, 6.07) is 6.43. The molecular formula is C19H17NO4. The summed E-state index contributed by atoms with van der Waals surface area (Å²) in [4.78, 5) is 38.2. The Bertz CT molecular complexity index is 762. The van der Waals surface area contributed by atoms with Gasteiger partial charge in [0.2, 0.25) is 11.8 Å². The molecule has 1 heterocycles. The monoisotopic (exact) mass is 323 g/mol. The summed E-state index contributed by atoms with van der Waals surface area (Å²) in [5.41, 5.74) is 0.827. The molecule has 1 aliphatic heterocycles. The summed E-state index contributed by atoms with van der Waals surface area (Å²) in [7, 11) is 0. The summed E-state index contributed by atoms with van der Waals surface area (Å²) < 4.78 is 5.13. The highest BCUT2D eigenvalue weighted by atomic mass is 16.5. The first-order valence-corrected chi connectivity index (χ1v) is 8.01. The van der Waals surface area contributed by atoms with Crippen molar-refractivity contribution in [2.24, 2.45) is 23.7 Å². The molecule has 3 aliphatic rings. The van der Waals surface area contributed by atoms with Gasteiger partial charge in [-0.25, -0.2) is 4.79 Å². The van der Waals surface area contributed by atoms with E-state index >= 15 is 0 Å². The minimum Gasteiger partial charge on any atom is -0.423 e. The standard InChI is InChI=1S/C19H17NO4/c1-10(2)19(23)24-14-7-5-13(6-8-14)20-17(21)15-11-3-4-12(9-11)16(15)18(20)22/h3-8,11-12,15-16H,1,9H2,2H3/t11-,12+,15-,16-/m0/s1. The van der Waals surface area contributed by atoms with Gasteiger partial charge in [0, 0.05) is 5.57 Å². The Hall–Kier alpha value is -2.69. The number of benzene rings is 1. The highest BCUT2D eigenvalue weighted by molar-refractivity contribution is 6.22. The summed E-state index contributed by atoms with van der Waals surface area (Å²) in [5, 5.41) is 0. The van der Waals surface area contributed by atoms with Crippen molar-refractivity contribution in [2.75, 3.05) is 4.90 Å². The highest BCUT2D eigenvalue weighted by Crippen LogP contribution is 2.53. The van der Waals surface area contributed by atoms with Gasteiger partial charge in [-0.05, 0) is 49.4 Å². The van der Waals surface area contributed by atoms with Gasteiger partial charge in [0.25, 0.3) is 0 Å². The van der Waals surface area contributed by atoms with Gasteiger partial charge in [0.05, 0.1) is 17.5 Å². The molecule has 4 rings (SSSR count). The van der Waals surface area contributed by atoms with Crippen LogP contribution in [0.4, 0.5) is 5.69 Å². The van der Waals surface area contributed by atoms with Crippen LogP contribution in [0.1, 0.15) is 13.3 Å². The van der Waals surface area contributed by atoms with Gasteiger partial charge < -0.3 is 4.74 Å². The van der Waals surface area contributed by atoms with E-state index in [1.54, 1.807) is 31.2 Å². The molecular weight excluding hydrogens is 306 g/mol. The van der Waals surface area contributed by atoms with E-state index in [9.17, 15) is 14.4 Å². The lowest BCUT2D eigenvalue weighted by Gasteiger charge is -2.17. The largest absolute Gasteiger partial charge is 0.423 e. The molecule has 0 N–H and O–H groups in total. The smallest absolute Gasteiger partial charge is 0.338 e. The Kier molecular flexibility index (Phi) is 3.20. The summed E-state index contributed by atoms with van der Waals surface area (Å²) in [6.07, 6.45) is 5.05.